The third-order valence-electron chi connectivity index (χ3n) is 4.41. The fraction of sp³-hybridized carbons (Fsp3) is 0.0500. The van der Waals surface area contributed by atoms with Crippen LogP contribution in [0.1, 0.15) is 11.1 Å². The summed E-state index contributed by atoms with van der Waals surface area (Å²) in [6.45, 7) is 0.681. The van der Waals surface area contributed by atoms with E-state index in [9.17, 15) is 0 Å². The average molecular weight is 368 g/mol. The fourth-order valence-corrected chi connectivity index (χ4v) is 3.53. The summed E-state index contributed by atoms with van der Waals surface area (Å²) in [4.78, 5) is 0. The van der Waals surface area contributed by atoms with E-state index >= 15 is 0 Å². The summed E-state index contributed by atoms with van der Waals surface area (Å²) in [5.74, 6) is 0.0724. The van der Waals surface area contributed by atoms with Gasteiger partial charge in [0.05, 0.1) is 10.0 Å². The first kappa shape index (κ1) is 16.0. The summed E-state index contributed by atoms with van der Waals surface area (Å²) in [5.41, 5.74) is 9.69. The van der Waals surface area contributed by atoms with E-state index in [0.717, 1.165) is 32.9 Å². The molecular formula is C20H15Cl2N3. The van der Waals surface area contributed by atoms with Crippen molar-refractivity contribution < 1.29 is 0 Å². The third kappa shape index (κ3) is 2.76. The minimum Gasteiger partial charge on any atom is -0.384 e. The van der Waals surface area contributed by atoms with Gasteiger partial charge < -0.3 is 10.3 Å². The number of fused-ring (bicyclic) bond motifs is 3. The first-order valence-corrected chi connectivity index (χ1v) is 8.59. The Morgan fingerprint density at radius 2 is 1.64 bits per heavy atom. The van der Waals surface area contributed by atoms with Crippen molar-refractivity contribution in [2.24, 2.45) is 5.73 Å². The normalized spacial score (nSPS) is 11.3. The lowest BCUT2D eigenvalue weighted by Crippen LogP contribution is -2.10. The van der Waals surface area contributed by atoms with Crippen molar-refractivity contribution in [2.45, 2.75) is 6.54 Å². The zero-order valence-electron chi connectivity index (χ0n) is 13.3. The highest BCUT2D eigenvalue weighted by Gasteiger charge is 2.12. The number of hydrogen-bond acceptors (Lipinski definition) is 1. The summed E-state index contributed by atoms with van der Waals surface area (Å²) in [6.07, 6.45) is 0. The number of rotatable bonds is 3. The maximum absolute atomic E-state index is 7.69. The Morgan fingerprint density at radius 3 is 2.40 bits per heavy atom. The molecule has 0 unspecified atom stereocenters. The van der Waals surface area contributed by atoms with Gasteiger partial charge in [-0.2, -0.15) is 0 Å². The number of hydrogen-bond donors (Lipinski definition) is 2. The van der Waals surface area contributed by atoms with E-state index < -0.39 is 0 Å². The minimum absolute atomic E-state index is 0.0724. The van der Waals surface area contributed by atoms with Crippen molar-refractivity contribution >= 4 is 50.8 Å². The molecule has 0 aliphatic heterocycles. The van der Waals surface area contributed by atoms with Crippen LogP contribution in [0.15, 0.2) is 60.7 Å². The summed E-state index contributed by atoms with van der Waals surface area (Å²) in [7, 11) is 0. The van der Waals surface area contributed by atoms with Crippen molar-refractivity contribution in [3.8, 4) is 0 Å². The van der Waals surface area contributed by atoms with Crippen molar-refractivity contribution in [1.82, 2.24) is 4.57 Å². The van der Waals surface area contributed by atoms with Gasteiger partial charge in [0.2, 0.25) is 0 Å². The molecular weight excluding hydrogens is 353 g/mol. The Labute approximate surface area is 155 Å². The molecule has 0 atom stereocenters. The lowest BCUT2D eigenvalue weighted by molar-refractivity contribution is 0.869. The van der Waals surface area contributed by atoms with E-state index in [4.69, 9.17) is 34.3 Å². The number of nitrogens with zero attached hydrogens (tertiary/aromatic N) is 1. The fourth-order valence-electron chi connectivity index (χ4n) is 3.21. The third-order valence-corrected chi connectivity index (χ3v) is 5.15. The molecule has 1 heterocycles. The molecule has 0 radical (unpaired) electrons. The van der Waals surface area contributed by atoms with Crippen LogP contribution in [0.3, 0.4) is 0 Å². The van der Waals surface area contributed by atoms with E-state index in [-0.39, 0.29) is 5.84 Å². The van der Waals surface area contributed by atoms with Crippen LogP contribution >= 0.6 is 23.2 Å². The van der Waals surface area contributed by atoms with Gasteiger partial charge in [0.15, 0.2) is 0 Å². The molecule has 0 aliphatic carbocycles. The van der Waals surface area contributed by atoms with Crippen LogP contribution < -0.4 is 5.73 Å². The van der Waals surface area contributed by atoms with Gasteiger partial charge in [0, 0.05) is 33.9 Å². The van der Waals surface area contributed by atoms with Gasteiger partial charge in [-0.25, -0.2) is 0 Å². The zero-order valence-corrected chi connectivity index (χ0v) is 14.8. The molecule has 0 bridgehead atoms. The molecule has 3 aromatic carbocycles. The highest BCUT2D eigenvalue weighted by atomic mass is 35.5. The summed E-state index contributed by atoms with van der Waals surface area (Å²) < 4.78 is 2.24. The molecule has 0 fully saturated rings. The highest BCUT2D eigenvalue weighted by molar-refractivity contribution is 6.42. The lowest BCUT2D eigenvalue weighted by atomic mass is 10.1. The number of nitrogens with two attached hydrogens (primary N) is 1. The lowest BCUT2D eigenvalue weighted by Gasteiger charge is -2.09. The molecule has 0 saturated heterocycles. The molecule has 0 amide bonds. The van der Waals surface area contributed by atoms with Crippen LogP contribution in [-0.4, -0.2) is 10.4 Å². The monoisotopic (exact) mass is 367 g/mol. The topological polar surface area (TPSA) is 54.8 Å². The Bertz CT molecular complexity index is 1130. The van der Waals surface area contributed by atoms with Crippen molar-refractivity contribution in [1.29, 1.82) is 5.41 Å². The minimum atomic E-state index is 0.0724. The molecule has 124 valence electrons. The van der Waals surface area contributed by atoms with Crippen molar-refractivity contribution in [3.63, 3.8) is 0 Å². The predicted molar refractivity (Wildman–Crippen MR) is 106 cm³/mol. The second-order valence-corrected chi connectivity index (χ2v) is 6.81. The van der Waals surface area contributed by atoms with Crippen LogP contribution in [0.2, 0.25) is 10.0 Å². The Kier molecular flexibility index (Phi) is 3.91. The van der Waals surface area contributed by atoms with Gasteiger partial charge in [-0.15, -0.1) is 0 Å². The summed E-state index contributed by atoms with van der Waals surface area (Å²) in [6, 6.07) is 19.8. The van der Waals surface area contributed by atoms with Crippen LogP contribution in [0.5, 0.6) is 0 Å². The number of aromatic nitrogens is 1. The van der Waals surface area contributed by atoms with Crippen LogP contribution in [-0.2, 0) is 6.54 Å². The molecule has 0 aliphatic rings. The van der Waals surface area contributed by atoms with E-state index in [0.29, 0.717) is 16.6 Å². The zero-order chi connectivity index (χ0) is 17.6. The van der Waals surface area contributed by atoms with Gasteiger partial charge in [-0.3, -0.25) is 5.41 Å². The van der Waals surface area contributed by atoms with Crippen LogP contribution in [0, 0.1) is 5.41 Å². The number of halogens is 2. The maximum Gasteiger partial charge on any atom is 0.122 e. The smallest absolute Gasteiger partial charge is 0.122 e. The average Bonchev–Trinajstić information content (AvgIpc) is 2.92. The molecule has 3 nitrogen and oxygen atoms in total. The van der Waals surface area contributed by atoms with E-state index in [1.54, 1.807) is 0 Å². The number of nitrogens with one attached hydrogen (secondary N) is 1. The van der Waals surface area contributed by atoms with Crippen LogP contribution in [0.4, 0.5) is 0 Å². The number of nitrogen functional groups attached to an aromatic ring is 1. The second kappa shape index (κ2) is 6.10. The molecule has 0 spiro atoms. The molecule has 4 aromatic rings. The first-order chi connectivity index (χ1) is 12.0. The summed E-state index contributed by atoms with van der Waals surface area (Å²) in [5, 5.41) is 11.0. The van der Waals surface area contributed by atoms with Crippen LogP contribution in [0.25, 0.3) is 21.8 Å². The molecule has 4 rings (SSSR count). The molecule has 1 aromatic heterocycles. The van der Waals surface area contributed by atoms with E-state index in [1.807, 2.05) is 48.5 Å². The number of benzene rings is 3. The predicted octanol–water partition coefficient (Wildman–Crippen LogP) is 5.43. The number of para-hydroxylation sites is 1. The van der Waals surface area contributed by atoms with Crippen molar-refractivity contribution in [2.75, 3.05) is 0 Å². The Balaban J connectivity index is 1.94. The van der Waals surface area contributed by atoms with Gasteiger partial charge in [0.1, 0.15) is 5.84 Å². The maximum atomic E-state index is 7.69. The largest absolute Gasteiger partial charge is 0.384 e. The Morgan fingerprint density at radius 1 is 0.880 bits per heavy atom. The van der Waals surface area contributed by atoms with Gasteiger partial charge in [0.25, 0.3) is 0 Å². The molecule has 25 heavy (non-hydrogen) atoms. The number of amidine groups is 1. The standard InChI is InChI=1S/C20H15Cl2N3/c21-16-7-5-12(9-17(16)22)11-25-18-4-2-1-3-14(18)15-10-13(20(23)24)6-8-19(15)25/h1-10H,11H2,(H3,23,24). The van der Waals surface area contributed by atoms with E-state index in [2.05, 4.69) is 16.7 Å². The quantitative estimate of drug-likeness (QED) is 0.367. The summed E-state index contributed by atoms with van der Waals surface area (Å²) >= 11 is 12.2. The molecule has 3 N–H and O–H groups in total. The van der Waals surface area contributed by atoms with E-state index in [1.165, 1.54) is 0 Å². The van der Waals surface area contributed by atoms with Gasteiger partial charge >= 0.3 is 0 Å². The molecule has 0 saturated carbocycles. The highest BCUT2D eigenvalue weighted by Crippen LogP contribution is 2.31. The van der Waals surface area contributed by atoms with Gasteiger partial charge in [-0.05, 0) is 42.0 Å². The molecule has 5 heteroatoms. The first-order valence-electron chi connectivity index (χ1n) is 7.84. The second-order valence-electron chi connectivity index (χ2n) is 6.00. The van der Waals surface area contributed by atoms with Crippen molar-refractivity contribution in [3.05, 3.63) is 81.8 Å². The SMILES string of the molecule is N=C(N)c1ccc2c(c1)c1ccccc1n2Cc1ccc(Cl)c(Cl)c1. The van der Waals surface area contributed by atoms with Gasteiger partial charge in [-0.1, -0.05) is 47.5 Å². The Hall–Kier alpha value is -2.49.